The van der Waals surface area contributed by atoms with Crippen LogP contribution in [0.25, 0.3) is 0 Å². The Hall–Kier alpha value is -1.84. The van der Waals surface area contributed by atoms with Crippen LogP contribution in [-0.2, 0) is 16.0 Å². The molecule has 1 aliphatic carbocycles. The van der Waals surface area contributed by atoms with Crippen LogP contribution in [0.1, 0.15) is 29.5 Å². The summed E-state index contributed by atoms with van der Waals surface area (Å²) < 4.78 is 0. The third-order valence-electron chi connectivity index (χ3n) is 3.32. The van der Waals surface area contributed by atoms with Crippen molar-refractivity contribution in [2.45, 2.75) is 39.2 Å². The van der Waals surface area contributed by atoms with Crippen molar-refractivity contribution in [3.05, 3.63) is 34.9 Å². The molecule has 2 N–H and O–H groups in total. The van der Waals surface area contributed by atoms with Gasteiger partial charge in [-0.3, -0.25) is 9.59 Å². The van der Waals surface area contributed by atoms with Crippen molar-refractivity contribution in [1.29, 1.82) is 0 Å². The number of carbonyl (C=O) groups is 2. The maximum Gasteiger partial charge on any atom is 0.239 e. The van der Waals surface area contributed by atoms with Crippen molar-refractivity contribution in [2.24, 2.45) is 0 Å². The van der Waals surface area contributed by atoms with Crippen LogP contribution in [0.15, 0.2) is 18.2 Å². The molecule has 102 valence electrons. The Morgan fingerprint density at radius 2 is 1.89 bits per heavy atom. The Morgan fingerprint density at radius 1 is 1.16 bits per heavy atom. The summed E-state index contributed by atoms with van der Waals surface area (Å²) in [7, 11) is 0. The second-order valence-electron chi connectivity index (χ2n) is 5.21. The summed E-state index contributed by atoms with van der Waals surface area (Å²) in [6, 6.07) is 6.31. The van der Waals surface area contributed by atoms with E-state index in [0.29, 0.717) is 12.5 Å². The van der Waals surface area contributed by atoms with Gasteiger partial charge >= 0.3 is 0 Å². The smallest absolute Gasteiger partial charge is 0.239 e. The van der Waals surface area contributed by atoms with Crippen LogP contribution in [0.3, 0.4) is 0 Å². The molecule has 19 heavy (non-hydrogen) atoms. The third kappa shape index (κ3) is 4.39. The Morgan fingerprint density at radius 3 is 2.53 bits per heavy atom. The topological polar surface area (TPSA) is 58.2 Å². The van der Waals surface area contributed by atoms with Crippen LogP contribution in [0, 0.1) is 13.8 Å². The van der Waals surface area contributed by atoms with Crippen molar-refractivity contribution >= 4 is 11.8 Å². The van der Waals surface area contributed by atoms with Crippen molar-refractivity contribution in [1.82, 2.24) is 10.6 Å². The van der Waals surface area contributed by atoms with E-state index in [4.69, 9.17) is 0 Å². The summed E-state index contributed by atoms with van der Waals surface area (Å²) >= 11 is 0. The predicted octanol–water partition coefficient (Wildman–Crippen LogP) is 1.24. The second-order valence-corrected chi connectivity index (χ2v) is 5.21. The summed E-state index contributed by atoms with van der Waals surface area (Å²) in [5, 5.41) is 5.48. The van der Waals surface area contributed by atoms with E-state index < -0.39 is 0 Å². The number of rotatable bonds is 5. The number of amides is 2. The Labute approximate surface area is 113 Å². The number of aryl methyl sites for hydroxylation is 2. The predicted molar refractivity (Wildman–Crippen MR) is 73.8 cm³/mol. The lowest BCUT2D eigenvalue weighted by atomic mass is 10.0. The average Bonchev–Trinajstić information content (AvgIpc) is 3.15. The van der Waals surface area contributed by atoms with E-state index in [1.54, 1.807) is 0 Å². The minimum absolute atomic E-state index is 0.0696. The molecule has 1 fully saturated rings. The van der Waals surface area contributed by atoms with Gasteiger partial charge in [0, 0.05) is 6.04 Å². The first-order valence-electron chi connectivity index (χ1n) is 6.67. The molecule has 0 heterocycles. The van der Waals surface area contributed by atoms with Crippen molar-refractivity contribution < 1.29 is 9.59 Å². The molecule has 0 spiro atoms. The van der Waals surface area contributed by atoms with Crippen molar-refractivity contribution in [2.75, 3.05) is 6.54 Å². The molecule has 0 unspecified atom stereocenters. The first-order chi connectivity index (χ1) is 9.04. The molecule has 0 saturated heterocycles. The summed E-state index contributed by atoms with van der Waals surface area (Å²) in [6.45, 7) is 4.14. The molecule has 1 aromatic rings. The summed E-state index contributed by atoms with van der Waals surface area (Å²) in [6.07, 6.45) is 2.43. The molecular weight excluding hydrogens is 240 g/mol. The SMILES string of the molecule is Cc1ccc(CC(=O)NCC(=O)NC2CC2)cc1C. The Balaban J connectivity index is 1.76. The Kier molecular flexibility index (Phi) is 4.20. The van der Waals surface area contributed by atoms with E-state index in [0.717, 1.165) is 18.4 Å². The summed E-state index contributed by atoms with van der Waals surface area (Å²) in [4.78, 5) is 23.1. The van der Waals surface area contributed by atoms with Gasteiger partial charge in [-0.25, -0.2) is 0 Å². The largest absolute Gasteiger partial charge is 0.352 e. The van der Waals surface area contributed by atoms with Gasteiger partial charge in [-0.05, 0) is 43.4 Å². The maximum atomic E-state index is 11.7. The lowest BCUT2D eigenvalue weighted by molar-refractivity contribution is -0.125. The first kappa shape index (κ1) is 13.6. The van der Waals surface area contributed by atoms with Crippen LogP contribution < -0.4 is 10.6 Å². The number of hydrogen-bond donors (Lipinski definition) is 2. The second kappa shape index (κ2) is 5.87. The van der Waals surface area contributed by atoms with Gasteiger partial charge in [0.15, 0.2) is 0 Å². The van der Waals surface area contributed by atoms with Crippen LogP contribution in [0.5, 0.6) is 0 Å². The fourth-order valence-corrected chi connectivity index (χ4v) is 1.85. The molecule has 1 aromatic carbocycles. The van der Waals surface area contributed by atoms with E-state index in [2.05, 4.69) is 10.6 Å². The fourth-order valence-electron chi connectivity index (χ4n) is 1.85. The number of nitrogens with one attached hydrogen (secondary N) is 2. The number of hydrogen-bond acceptors (Lipinski definition) is 2. The van der Waals surface area contributed by atoms with Crippen LogP contribution in [0.4, 0.5) is 0 Å². The molecule has 2 amide bonds. The lowest BCUT2D eigenvalue weighted by Crippen LogP contribution is -2.38. The quantitative estimate of drug-likeness (QED) is 0.837. The third-order valence-corrected chi connectivity index (χ3v) is 3.32. The van der Waals surface area contributed by atoms with Gasteiger partial charge in [-0.15, -0.1) is 0 Å². The molecule has 2 rings (SSSR count). The van der Waals surface area contributed by atoms with E-state index in [9.17, 15) is 9.59 Å². The van der Waals surface area contributed by atoms with Gasteiger partial charge < -0.3 is 10.6 Å². The highest BCUT2D eigenvalue weighted by Gasteiger charge is 2.23. The van der Waals surface area contributed by atoms with E-state index in [1.165, 1.54) is 11.1 Å². The summed E-state index contributed by atoms with van der Waals surface area (Å²) in [5.41, 5.74) is 3.37. The molecule has 0 bridgehead atoms. The van der Waals surface area contributed by atoms with Crippen LogP contribution >= 0.6 is 0 Å². The number of benzene rings is 1. The van der Waals surface area contributed by atoms with E-state index in [1.807, 2.05) is 32.0 Å². The van der Waals surface area contributed by atoms with Crippen molar-refractivity contribution in [3.63, 3.8) is 0 Å². The van der Waals surface area contributed by atoms with Gasteiger partial charge in [0.1, 0.15) is 0 Å². The summed E-state index contributed by atoms with van der Waals surface area (Å²) in [5.74, 6) is -0.217. The first-order valence-corrected chi connectivity index (χ1v) is 6.67. The molecule has 0 aliphatic heterocycles. The van der Waals surface area contributed by atoms with E-state index in [-0.39, 0.29) is 18.4 Å². The minimum Gasteiger partial charge on any atom is -0.352 e. The average molecular weight is 260 g/mol. The molecule has 0 radical (unpaired) electrons. The molecule has 4 nitrogen and oxygen atoms in total. The number of carbonyl (C=O) groups excluding carboxylic acids is 2. The molecule has 4 heteroatoms. The zero-order valence-electron chi connectivity index (χ0n) is 11.5. The van der Waals surface area contributed by atoms with Gasteiger partial charge in [-0.1, -0.05) is 18.2 Å². The molecule has 0 aromatic heterocycles. The normalized spacial score (nSPS) is 14.0. The highest BCUT2D eigenvalue weighted by Crippen LogP contribution is 2.18. The fraction of sp³-hybridized carbons (Fsp3) is 0.467. The molecular formula is C15H20N2O2. The zero-order valence-corrected chi connectivity index (χ0v) is 11.5. The van der Waals surface area contributed by atoms with Crippen molar-refractivity contribution in [3.8, 4) is 0 Å². The standard InChI is InChI=1S/C15H20N2O2/c1-10-3-4-12(7-11(10)2)8-14(18)16-9-15(19)17-13-5-6-13/h3-4,7,13H,5-6,8-9H2,1-2H3,(H,16,18)(H,17,19). The van der Waals surface area contributed by atoms with Gasteiger partial charge in [0.2, 0.25) is 11.8 Å². The molecule has 1 saturated carbocycles. The molecule has 0 atom stereocenters. The van der Waals surface area contributed by atoms with Crippen LogP contribution in [-0.4, -0.2) is 24.4 Å². The zero-order chi connectivity index (χ0) is 13.8. The highest BCUT2D eigenvalue weighted by molar-refractivity contribution is 5.85. The minimum atomic E-state index is -0.116. The maximum absolute atomic E-state index is 11.7. The van der Waals surface area contributed by atoms with Gasteiger partial charge in [0.05, 0.1) is 13.0 Å². The van der Waals surface area contributed by atoms with Gasteiger partial charge in [-0.2, -0.15) is 0 Å². The molecule has 1 aliphatic rings. The monoisotopic (exact) mass is 260 g/mol. The Bertz CT molecular complexity index is 493. The highest BCUT2D eigenvalue weighted by atomic mass is 16.2. The van der Waals surface area contributed by atoms with Gasteiger partial charge in [0.25, 0.3) is 0 Å². The van der Waals surface area contributed by atoms with Crippen LogP contribution in [0.2, 0.25) is 0 Å². The lowest BCUT2D eigenvalue weighted by Gasteiger charge is -2.07. The van der Waals surface area contributed by atoms with E-state index >= 15 is 0 Å².